The van der Waals surface area contributed by atoms with Gasteiger partial charge in [-0.3, -0.25) is 14.9 Å². The fourth-order valence-corrected chi connectivity index (χ4v) is 3.48. The van der Waals surface area contributed by atoms with Crippen molar-refractivity contribution < 1.29 is 19.1 Å². The lowest BCUT2D eigenvalue weighted by molar-refractivity contribution is -0.118. The van der Waals surface area contributed by atoms with Crippen LogP contribution in [-0.2, 0) is 11.2 Å². The SMILES string of the molecule is COc1ccc(NC(=O)c2ccc(NCC(=O)NC(=O)NCCc3cccs3)cc2)cc1. The highest BCUT2D eigenvalue weighted by atomic mass is 32.1. The van der Waals surface area contributed by atoms with Crippen LogP contribution in [0.25, 0.3) is 0 Å². The van der Waals surface area contributed by atoms with Crippen LogP contribution in [0.1, 0.15) is 15.2 Å². The lowest BCUT2D eigenvalue weighted by Crippen LogP contribution is -2.42. The van der Waals surface area contributed by atoms with Crippen LogP contribution in [0.4, 0.5) is 16.2 Å². The Hall–Kier alpha value is -3.85. The fourth-order valence-electron chi connectivity index (χ4n) is 2.77. The molecule has 0 aliphatic rings. The number of hydrogen-bond acceptors (Lipinski definition) is 6. The van der Waals surface area contributed by atoms with E-state index in [1.165, 1.54) is 4.88 Å². The van der Waals surface area contributed by atoms with Crippen molar-refractivity contribution in [3.05, 3.63) is 76.5 Å². The van der Waals surface area contributed by atoms with Crippen molar-refractivity contribution in [2.75, 3.05) is 30.8 Å². The van der Waals surface area contributed by atoms with E-state index in [1.807, 2.05) is 17.5 Å². The quantitative estimate of drug-likeness (QED) is 0.397. The van der Waals surface area contributed by atoms with Crippen LogP contribution < -0.4 is 26.0 Å². The summed E-state index contributed by atoms with van der Waals surface area (Å²) < 4.78 is 5.09. The average Bonchev–Trinajstić information content (AvgIpc) is 3.32. The molecule has 166 valence electrons. The molecule has 0 aliphatic carbocycles. The Kier molecular flexibility index (Phi) is 8.22. The summed E-state index contributed by atoms with van der Waals surface area (Å²) in [5, 5.41) is 12.6. The first kappa shape index (κ1) is 22.8. The van der Waals surface area contributed by atoms with E-state index in [0.717, 1.165) is 6.42 Å². The molecular formula is C23H24N4O4S. The first-order valence-corrected chi connectivity index (χ1v) is 10.8. The highest BCUT2D eigenvalue weighted by Gasteiger charge is 2.09. The van der Waals surface area contributed by atoms with Crippen LogP contribution in [0.15, 0.2) is 66.0 Å². The van der Waals surface area contributed by atoms with Crippen LogP contribution in [0.2, 0.25) is 0 Å². The zero-order valence-corrected chi connectivity index (χ0v) is 18.3. The molecule has 4 N–H and O–H groups in total. The van der Waals surface area contributed by atoms with E-state index in [4.69, 9.17) is 4.74 Å². The van der Waals surface area contributed by atoms with E-state index in [0.29, 0.717) is 29.2 Å². The van der Waals surface area contributed by atoms with Gasteiger partial charge in [-0.25, -0.2) is 4.79 Å². The summed E-state index contributed by atoms with van der Waals surface area (Å²) in [4.78, 5) is 37.2. The third-order valence-electron chi connectivity index (χ3n) is 4.44. The highest BCUT2D eigenvalue weighted by molar-refractivity contribution is 7.09. The Labute approximate surface area is 190 Å². The van der Waals surface area contributed by atoms with Gasteiger partial charge in [0.15, 0.2) is 0 Å². The second-order valence-electron chi connectivity index (χ2n) is 6.75. The third-order valence-corrected chi connectivity index (χ3v) is 5.37. The van der Waals surface area contributed by atoms with E-state index in [-0.39, 0.29) is 12.5 Å². The predicted octanol–water partition coefficient (Wildman–Crippen LogP) is 3.49. The van der Waals surface area contributed by atoms with Gasteiger partial charge >= 0.3 is 6.03 Å². The van der Waals surface area contributed by atoms with Crippen molar-refractivity contribution >= 4 is 40.6 Å². The largest absolute Gasteiger partial charge is 0.497 e. The topological polar surface area (TPSA) is 109 Å². The highest BCUT2D eigenvalue weighted by Crippen LogP contribution is 2.16. The minimum Gasteiger partial charge on any atom is -0.497 e. The minimum atomic E-state index is -0.529. The molecule has 0 radical (unpaired) electrons. The van der Waals surface area contributed by atoms with Crippen molar-refractivity contribution in [1.29, 1.82) is 0 Å². The van der Waals surface area contributed by atoms with Crippen molar-refractivity contribution in [2.45, 2.75) is 6.42 Å². The van der Waals surface area contributed by atoms with Crippen LogP contribution >= 0.6 is 11.3 Å². The number of anilines is 2. The molecular weight excluding hydrogens is 428 g/mol. The van der Waals surface area contributed by atoms with E-state index in [2.05, 4.69) is 21.3 Å². The van der Waals surface area contributed by atoms with Gasteiger partial charge in [0, 0.05) is 28.4 Å². The molecule has 3 aromatic rings. The molecule has 1 heterocycles. The van der Waals surface area contributed by atoms with Gasteiger partial charge in [-0.1, -0.05) is 6.07 Å². The van der Waals surface area contributed by atoms with Crippen LogP contribution in [0.5, 0.6) is 5.75 Å². The van der Waals surface area contributed by atoms with Gasteiger partial charge in [0.05, 0.1) is 13.7 Å². The number of methoxy groups -OCH3 is 1. The summed E-state index contributed by atoms with van der Waals surface area (Å²) in [6.45, 7) is 0.378. The van der Waals surface area contributed by atoms with Gasteiger partial charge in [-0.2, -0.15) is 0 Å². The van der Waals surface area contributed by atoms with Gasteiger partial charge in [0.1, 0.15) is 5.75 Å². The number of carbonyl (C=O) groups excluding carboxylic acids is 3. The first-order valence-electron chi connectivity index (χ1n) is 9.93. The zero-order valence-electron chi connectivity index (χ0n) is 17.5. The Morgan fingerprint density at radius 2 is 1.66 bits per heavy atom. The smallest absolute Gasteiger partial charge is 0.321 e. The van der Waals surface area contributed by atoms with E-state index < -0.39 is 11.9 Å². The number of urea groups is 1. The van der Waals surface area contributed by atoms with Crippen molar-refractivity contribution in [3.8, 4) is 5.75 Å². The first-order chi connectivity index (χ1) is 15.5. The summed E-state index contributed by atoms with van der Waals surface area (Å²) in [5.74, 6) is -0.00282. The molecule has 0 fully saturated rings. The van der Waals surface area contributed by atoms with Crippen molar-refractivity contribution in [1.82, 2.24) is 10.6 Å². The lowest BCUT2D eigenvalue weighted by Gasteiger charge is -2.09. The van der Waals surface area contributed by atoms with Crippen molar-refractivity contribution in [3.63, 3.8) is 0 Å². The standard InChI is InChI=1S/C23H24N4O4S/c1-31-19-10-8-18(9-11-19)26-22(29)16-4-6-17(7-5-16)25-15-21(28)27-23(30)24-13-12-20-3-2-14-32-20/h2-11,14,25H,12-13,15H2,1H3,(H,26,29)(H2,24,27,28,30). The summed E-state index contributed by atoms with van der Waals surface area (Å²) in [7, 11) is 1.58. The molecule has 9 heteroatoms. The monoisotopic (exact) mass is 452 g/mol. The molecule has 1 aromatic heterocycles. The molecule has 32 heavy (non-hydrogen) atoms. The van der Waals surface area contributed by atoms with Gasteiger partial charge in [-0.05, 0) is 66.4 Å². The number of imide groups is 1. The summed E-state index contributed by atoms with van der Waals surface area (Å²) in [6, 6.07) is 17.1. The molecule has 0 spiro atoms. The lowest BCUT2D eigenvalue weighted by atomic mass is 10.2. The average molecular weight is 453 g/mol. The van der Waals surface area contributed by atoms with Gasteiger partial charge in [-0.15, -0.1) is 11.3 Å². The minimum absolute atomic E-state index is 0.0737. The Morgan fingerprint density at radius 3 is 2.31 bits per heavy atom. The van der Waals surface area contributed by atoms with E-state index in [9.17, 15) is 14.4 Å². The number of benzene rings is 2. The molecule has 0 atom stereocenters. The fraction of sp³-hybridized carbons (Fsp3) is 0.174. The normalized spacial score (nSPS) is 10.2. The van der Waals surface area contributed by atoms with Gasteiger partial charge in [0.2, 0.25) is 5.91 Å². The van der Waals surface area contributed by atoms with E-state index >= 15 is 0 Å². The second kappa shape index (κ2) is 11.5. The number of amides is 4. The second-order valence-corrected chi connectivity index (χ2v) is 7.78. The van der Waals surface area contributed by atoms with Gasteiger partial charge in [0.25, 0.3) is 5.91 Å². The number of hydrogen-bond donors (Lipinski definition) is 4. The molecule has 3 rings (SSSR count). The van der Waals surface area contributed by atoms with Crippen LogP contribution in [-0.4, -0.2) is 38.0 Å². The molecule has 0 bridgehead atoms. The maximum Gasteiger partial charge on any atom is 0.321 e. The zero-order chi connectivity index (χ0) is 22.8. The number of nitrogens with one attached hydrogen (secondary N) is 4. The molecule has 0 unspecified atom stereocenters. The Bertz CT molecular complexity index is 1030. The van der Waals surface area contributed by atoms with Crippen LogP contribution in [0.3, 0.4) is 0 Å². The summed E-state index contributed by atoms with van der Waals surface area (Å²) in [5.41, 5.74) is 1.78. The third kappa shape index (κ3) is 7.13. The molecule has 2 aromatic carbocycles. The maximum atomic E-state index is 12.4. The summed E-state index contributed by atoms with van der Waals surface area (Å²) >= 11 is 1.62. The number of rotatable bonds is 9. The number of ether oxygens (including phenoxy) is 1. The molecule has 0 aliphatic heterocycles. The van der Waals surface area contributed by atoms with Crippen LogP contribution in [0, 0.1) is 0 Å². The maximum absolute atomic E-state index is 12.4. The predicted molar refractivity (Wildman–Crippen MR) is 125 cm³/mol. The van der Waals surface area contributed by atoms with Gasteiger partial charge < -0.3 is 20.7 Å². The number of thiophene rings is 1. The summed E-state index contributed by atoms with van der Waals surface area (Å²) in [6.07, 6.45) is 0.718. The molecule has 0 saturated carbocycles. The Balaban J connectivity index is 1.39. The van der Waals surface area contributed by atoms with E-state index in [1.54, 1.807) is 67.0 Å². The Morgan fingerprint density at radius 1 is 0.938 bits per heavy atom. The number of carbonyl (C=O) groups is 3. The van der Waals surface area contributed by atoms with Crippen molar-refractivity contribution in [2.24, 2.45) is 0 Å². The molecule has 4 amide bonds. The molecule has 0 saturated heterocycles. The molecule has 8 nitrogen and oxygen atoms in total.